The van der Waals surface area contributed by atoms with Gasteiger partial charge in [0.2, 0.25) is 0 Å². The van der Waals surface area contributed by atoms with Gasteiger partial charge in [0.1, 0.15) is 0 Å². The highest BCUT2D eigenvalue weighted by Gasteiger charge is 2.05. The van der Waals surface area contributed by atoms with Crippen molar-refractivity contribution in [1.29, 1.82) is 0 Å². The molecule has 62 valence electrons. The second kappa shape index (κ2) is 3.50. The van der Waals surface area contributed by atoms with Crippen LogP contribution in [0, 0.1) is 0 Å². The number of hydrogen-bond acceptors (Lipinski definition) is 2. The standard InChI is InChI=1S/C7H10O3S/c1-6(2)4-5-7(3)11(8,9)10/h4-5H,1,3H2,2H3,(H,8,9,10)/b5-4-. The molecule has 0 heterocycles. The lowest BCUT2D eigenvalue weighted by atomic mass is 10.3. The number of hydrogen-bond donors (Lipinski definition) is 1. The Morgan fingerprint density at radius 1 is 1.36 bits per heavy atom. The summed E-state index contributed by atoms with van der Waals surface area (Å²) in [6.07, 6.45) is 2.65. The summed E-state index contributed by atoms with van der Waals surface area (Å²) in [6.45, 7) is 8.34. The quantitative estimate of drug-likeness (QED) is 0.521. The van der Waals surface area contributed by atoms with Crippen molar-refractivity contribution in [3.8, 4) is 0 Å². The van der Waals surface area contributed by atoms with Gasteiger partial charge in [-0.25, -0.2) is 0 Å². The summed E-state index contributed by atoms with van der Waals surface area (Å²) in [4.78, 5) is -0.333. The molecule has 0 fully saturated rings. The molecule has 0 aliphatic carbocycles. The third-order valence-corrected chi connectivity index (χ3v) is 1.68. The van der Waals surface area contributed by atoms with Gasteiger partial charge < -0.3 is 0 Å². The molecule has 1 N–H and O–H groups in total. The van der Waals surface area contributed by atoms with Crippen molar-refractivity contribution in [2.24, 2.45) is 0 Å². The largest absolute Gasteiger partial charge is 0.293 e. The van der Waals surface area contributed by atoms with E-state index in [9.17, 15) is 8.42 Å². The maximum absolute atomic E-state index is 10.3. The van der Waals surface area contributed by atoms with Gasteiger partial charge in [-0.05, 0) is 13.0 Å². The van der Waals surface area contributed by atoms with Crippen molar-refractivity contribution < 1.29 is 13.0 Å². The molecule has 0 atom stereocenters. The summed E-state index contributed by atoms with van der Waals surface area (Å²) < 4.78 is 29.0. The predicted molar refractivity (Wildman–Crippen MR) is 44.6 cm³/mol. The highest BCUT2D eigenvalue weighted by Crippen LogP contribution is 2.03. The lowest BCUT2D eigenvalue weighted by molar-refractivity contribution is 0.492. The summed E-state index contributed by atoms with van der Waals surface area (Å²) in [5, 5.41) is 0. The van der Waals surface area contributed by atoms with Crippen molar-refractivity contribution in [3.05, 3.63) is 35.8 Å². The third-order valence-electron chi connectivity index (χ3n) is 0.885. The predicted octanol–water partition coefficient (Wildman–Crippen LogP) is 1.52. The molecule has 0 amide bonds. The molecule has 3 nitrogen and oxygen atoms in total. The molecular weight excluding hydrogens is 164 g/mol. The van der Waals surface area contributed by atoms with E-state index in [1.54, 1.807) is 6.92 Å². The van der Waals surface area contributed by atoms with E-state index < -0.39 is 10.1 Å². The van der Waals surface area contributed by atoms with Crippen LogP contribution in [-0.4, -0.2) is 13.0 Å². The molecule has 4 heteroatoms. The van der Waals surface area contributed by atoms with E-state index in [1.807, 2.05) is 0 Å². The van der Waals surface area contributed by atoms with E-state index in [4.69, 9.17) is 4.55 Å². The van der Waals surface area contributed by atoms with Crippen LogP contribution in [0.2, 0.25) is 0 Å². The monoisotopic (exact) mass is 174 g/mol. The van der Waals surface area contributed by atoms with Gasteiger partial charge in [0.05, 0.1) is 4.91 Å². The first-order valence-electron chi connectivity index (χ1n) is 2.84. The highest BCUT2D eigenvalue weighted by atomic mass is 32.2. The molecule has 0 aliphatic rings. The molecule has 0 saturated carbocycles. The molecule has 0 aromatic heterocycles. The zero-order chi connectivity index (χ0) is 9.07. The van der Waals surface area contributed by atoms with Gasteiger partial charge in [-0.15, -0.1) is 0 Å². The average molecular weight is 174 g/mol. The summed E-state index contributed by atoms with van der Waals surface area (Å²) in [5.41, 5.74) is 0.690. The Hall–Kier alpha value is -0.870. The first-order valence-corrected chi connectivity index (χ1v) is 4.28. The fourth-order valence-corrected chi connectivity index (χ4v) is 0.561. The van der Waals surface area contributed by atoms with Crippen LogP contribution in [0.15, 0.2) is 35.8 Å². The minimum atomic E-state index is -4.12. The third kappa shape index (κ3) is 4.52. The molecule has 0 spiro atoms. The summed E-state index contributed by atoms with van der Waals surface area (Å²) in [5.74, 6) is 0. The lowest BCUT2D eigenvalue weighted by Gasteiger charge is -1.92. The zero-order valence-electron chi connectivity index (χ0n) is 6.24. The van der Waals surface area contributed by atoms with Gasteiger partial charge >= 0.3 is 0 Å². The van der Waals surface area contributed by atoms with Crippen LogP contribution in [0.1, 0.15) is 6.92 Å². The molecule has 0 rings (SSSR count). The Morgan fingerprint density at radius 2 is 1.82 bits per heavy atom. The minimum Gasteiger partial charge on any atom is -0.282 e. The molecule has 0 aromatic carbocycles. The maximum Gasteiger partial charge on any atom is 0.293 e. The molecular formula is C7H10O3S. The minimum absolute atomic E-state index is 0.333. The fraction of sp³-hybridized carbons (Fsp3) is 0.143. The molecule has 11 heavy (non-hydrogen) atoms. The molecule has 0 saturated heterocycles. The van der Waals surface area contributed by atoms with Gasteiger partial charge in [-0.2, -0.15) is 8.42 Å². The first kappa shape index (κ1) is 10.1. The van der Waals surface area contributed by atoms with Crippen LogP contribution in [0.4, 0.5) is 0 Å². The van der Waals surface area contributed by atoms with Crippen molar-refractivity contribution in [3.63, 3.8) is 0 Å². The van der Waals surface area contributed by atoms with Crippen LogP contribution in [0.25, 0.3) is 0 Å². The van der Waals surface area contributed by atoms with Crippen LogP contribution in [0.5, 0.6) is 0 Å². The molecule has 0 bridgehead atoms. The lowest BCUT2D eigenvalue weighted by Crippen LogP contribution is -1.97. The van der Waals surface area contributed by atoms with E-state index in [-0.39, 0.29) is 4.91 Å². The molecule has 0 aliphatic heterocycles. The normalized spacial score (nSPS) is 11.8. The Morgan fingerprint density at radius 3 is 2.09 bits per heavy atom. The smallest absolute Gasteiger partial charge is 0.282 e. The van der Waals surface area contributed by atoms with Crippen molar-refractivity contribution in [1.82, 2.24) is 0 Å². The van der Waals surface area contributed by atoms with E-state index in [1.165, 1.54) is 12.2 Å². The first-order chi connectivity index (χ1) is 4.84. The Kier molecular flexibility index (Phi) is 3.22. The average Bonchev–Trinajstić information content (AvgIpc) is 1.80. The van der Waals surface area contributed by atoms with E-state index in [2.05, 4.69) is 13.2 Å². The van der Waals surface area contributed by atoms with Crippen LogP contribution < -0.4 is 0 Å². The second-order valence-electron chi connectivity index (χ2n) is 2.12. The van der Waals surface area contributed by atoms with E-state index >= 15 is 0 Å². The Balaban J connectivity index is 4.46. The summed E-state index contributed by atoms with van der Waals surface area (Å²) in [7, 11) is -4.12. The van der Waals surface area contributed by atoms with Crippen LogP contribution in [0.3, 0.4) is 0 Å². The number of allylic oxidation sites excluding steroid dienone is 3. The van der Waals surface area contributed by atoms with E-state index in [0.29, 0.717) is 5.57 Å². The van der Waals surface area contributed by atoms with Crippen molar-refractivity contribution >= 4 is 10.1 Å². The second-order valence-corrected chi connectivity index (χ2v) is 3.60. The maximum atomic E-state index is 10.3. The van der Waals surface area contributed by atoms with Crippen molar-refractivity contribution in [2.45, 2.75) is 6.92 Å². The summed E-state index contributed by atoms with van der Waals surface area (Å²) >= 11 is 0. The van der Waals surface area contributed by atoms with Crippen LogP contribution >= 0.6 is 0 Å². The SMILES string of the molecule is C=C(C)/C=C\C(=C)S(=O)(=O)O. The number of rotatable bonds is 3. The van der Waals surface area contributed by atoms with Crippen molar-refractivity contribution in [2.75, 3.05) is 0 Å². The molecule has 0 radical (unpaired) electrons. The highest BCUT2D eigenvalue weighted by molar-refractivity contribution is 7.90. The van der Waals surface area contributed by atoms with Gasteiger partial charge in [0.15, 0.2) is 0 Å². The Bertz CT molecular complexity index is 296. The van der Waals surface area contributed by atoms with E-state index in [0.717, 1.165) is 0 Å². The molecule has 0 unspecified atom stereocenters. The fourth-order valence-electron chi connectivity index (χ4n) is 0.321. The van der Waals surface area contributed by atoms with Gasteiger partial charge in [0.25, 0.3) is 10.1 Å². The van der Waals surface area contributed by atoms with Gasteiger partial charge in [-0.1, -0.05) is 24.8 Å². The summed E-state index contributed by atoms with van der Waals surface area (Å²) in [6, 6.07) is 0. The molecule has 0 aromatic rings. The van der Waals surface area contributed by atoms with Gasteiger partial charge in [0, 0.05) is 0 Å². The van der Waals surface area contributed by atoms with Gasteiger partial charge in [-0.3, -0.25) is 4.55 Å². The van der Waals surface area contributed by atoms with Crippen LogP contribution in [-0.2, 0) is 10.1 Å². The Labute approximate surface area is 66.5 Å². The zero-order valence-corrected chi connectivity index (χ0v) is 7.06. The topological polar surface area (TPSA) is 54.4 Å².